The molecule has 4 nitrogen and oxygen atoms in total. The normalized spacial score (nSPS) is 18.7. The van der Waals surface area contributed by atoms with E-state index in [4.69, 9.17) is 14.2 Å². The molecule has 1 saturated heterocycles. The number of rotatable bonds is 8. The Morgan fingerprint density at radius 1 is 1.15 bits per heavy atom. The number of ether oxygens (including phenoxy) is 3. The summed E-state index contributed by atoms with van der Waals surface area (Å²) in [7, 11) is 0. The van der Waals surface area contributed by atoms with Gasteiger partial charge in [-0.05, 0) is 56.4 Å². The largest absolute Gasteiger partial charge is 0.494 e. The van der Waals surface area contributed by atoms with Crippen LogP contribution in [0.3, 0.4) is 0 Å². The first-order valence-electron chi connectivity index (χ1n) is 7.30. The molecule has 0 spiro atoms. The number of hydrogen-bond acceptors (Lipinski definition) is 4. The Labute approximate surface area is 120 Å². The van der Waals surface area contributed by atoms with E-state index in [2.05, 4.69) is 0 Å². The van der Waals surface area contributed by atoms with E-state index < -0.39 is 0 Å². The van der Waals surface area contributed by atoms with Gasteiger partial charge in [0.1, 0.15) is 12.0 Å². The van der Waals surface area contributed by atoms with Gasteiger partial charge in [-0.2, -0.15) is 0 Å². The van der Waals surface area contributed by atoms with Crippen LogP contribution < -0.4 is 4.74 Å². The Morgan fingerprint density at radius 3 is 2.65 bits per heavy atom. The predicted octanol–water partition coefficient (Wildman–Crippen LogP) is 3.20. The quantitative estimate of drug-likeness (QED) is 0.541. The predicted molar refractivity (Wildman–Crippen MR) is 76.1 cm³/mol. The van der Waals surface area contributed by atoms with E-state index in [9.17, 15) is 4.79 Å². The Balaban J connectivity index is 1.51. The topological polar surface area (TPSA) is 44.8 Å². The van der Waals surface area contributed by atoms with Gasteiger partial charge in [0, 0.05) is 18.8 Å². The third-order valence-corrected chi connectivity index (χ3v) is 3.27. The number of benzene rings is 1. The highest BCUT2D eigenvalue weighted by Gasteiger charge is 2.13. The van der Waals surface area contributed by atoms with Crippen LogP contribution >= 0.6 is 0 Å². The van der Waals surface area contributed by atoms with Crippen LogP contribution in [0.5, 0.6) is 5.75 Å². The average molecular weight is 278 g/mol. The minimum Gasteiger partial charge on any atom is -0.494 e. The lowest BCUT2D eigenvalue weighted by Gasteiger charge is -2.22. The minimum atomic E-state index is 0.000513. The second-order valence-electron chi connectivity index (χ2n) is 4.91. The van der Waals surface area contributed by atoms with Crippen molar-refractivity contribution in [2.75, 3.05) is 19.8 Å². The smallest absolute Gasteiger partial charge is 0.157 e. The van der Waals surface area contributed by atoms with Gasteiger partial charge in [0.2, 0.25) is 0 Å². The van der Waals surface area contributed by atoms with Crippen molar-refractivity contribution in [2.45, 2.75) is 38.4 Å². The molecule has 0 radical (unpaired) electrons. The summed E-state index contributed by atoms with van der Waals surface area (Å²) in [5, 5.41) is 0. The van der Waals surface area contributed by atoms with Gasteiger partial charge in [-0.25, -0.2) is 0 Å². The molecule has 0 bridgehead atoms. The fourth-order valence-corrected chi connectivity index (χ4v) is 2.09. The lowest BCUT2D eigenvalue weighted by molar-refractivity contribution is -0.162. The monoisotopic (exact) mass is 278 g/mol. The first kappa shape index (κ1) is 15.0. The van der Waals surface area contributed by atoms with Crippen molar-refractivity contribution >= 4 is 6.29 Å². The Morgan fingerprint density at radius 2 is 1.95 bits per heavy atom. The van der Waals surface area contributed by atoms with Crippen molar-refractivity contribution in [1.29, 1.82) is 0 Å². The van der Waals surface area contributed by atoms with Crippen molar-refractivity contribution in [3.63, 3.8) is 0 Å². The molecule has 0 saturated carbocycles. The van der Waals surface area contributed by atoms with Crippen molar-refractivity contribution in [3.05, 3.63) is 29.8 Å². The van der Waals surface area contributed by atoms with Crippen molar-refractivity contribution in [1.82, 2.24) is 0 Å². The zero-order chi connectivity index (χ0) is 14.0. The molecule has 1 aromatic carbocycles. The maximum Gasteiger partial charge on any atom is 0.157 e. The standard InChI is InChI=1S/C16H22O4/c17-13-14-6-8-15(9-7-14)18-10-3-4-12-20-16-5-1-2-11-19-16/h6-9,13,16H,1-5,10-12H2. The van der Waals surface area contributed by atoms with Gasteiger partial charge in [0.05, 0.1) is 6.61 Å². The second-order valence-corrected chi connectivity index (χ2v) is 4.91. The molecular weight excluding hydrogens is 256 g/mol. The van der Waals surface area contributed by atoms with E-state index in [0.29, 0.717) is 12.2 Å². The fraction of sp³-hybridized carbons (Fsp3) is 0.562. The van der Waals surface area contributed by atoms with Crippen molar-refractivity contribution in [3.8, 4) is 5.75 Å². The lowest BCUT2D eigenvalue weighted by atomic mass is 10.2. The summed E-state index contributed by atoms with van der Waals surface area (Å²) in [5.41, 5.74) is 0.665. The number of unbranched alkanes of at least 4 members (excludes halogenated alkanes) is 1. The molecule has 2 rings (SSSR count). The molecular formula is C16H22O4. The van der Waals surface area contributed by atoms with E-state index in [1.807, 2.05) is 12.1 Å². The Bertz CT molecular complexity index is 382. The van der Waals surface area contributed by atoms with Crippen LogP contribution in [0.4, 0.5) is 0 Å². The summed E-state index contributed by atoms with van der Waals surface area (Å²) in [6.45, 7) is 2.21. The molecule has 0 amide bonds. The highest BCUT2D eigenvalue weighted by molar-refractivity contribution is 5.74. The van der Waals surface area contributed by atoms with Gasteiger partial charge in [-0.3, -0.25) is 4.79 Å². The molecule has 1 aliphatic rings. The summed E-state index contributed by atoms with van der Waals surface area (Å²) in [4.78, 5) is 10.5. The van der Waals surface area contributed by atoms with Crippen LogP contribution in [0.2, 0.25) is 0 Å². The summed E-state index contributed by atoms with van der Waals surface area (Å²) in [5.74, 6) is 0.798. The van der Waals surface area contributed by atoms with Crippen LogP contribution in [0.15, 0.2) is 24.3 Å². The molecule has 20 heavy (non-hydrogen) atoms. The lowest BCUT2D eigenvalue weighted by Crippen LogP contribution is -2.22. The highest BCUT2D eigenvalue weighted by atomic mass is 16.7. The molecule has 0 aromatic heterocycles. The number of hydrogen-bond donors (Lipinski definition) is 0. The average Bonchev–Trinajstić information content (AvgIpc) is 2.52. The van der Waals surface area contributed by atoms with Crippen LogP contribution in [-0.2, 0) is 9.47 Å². The summed E-state index contributed by atoms with van der Waals surface area (Å²) >= 11 is 0. The number of aldehydes is 1. The zero-order valence-electron chi connectivity index (χ0n) is 11.8. The molecule has 1 unspecified atom stereocenters. The molecule has 1 atom stereocenters. The van der Waals surface area contributed by atoms with Crippen molar-refractivity contribution < 1.29 is 19.0 Å². The molecule has 1 aliphatic heterocycles. The molecule has 1 aromatic rings. The van der Waals surface area contributed by atoms with Gasteiger partial charge < -0.3 is 14.2 Å². The van der Waals surface area contributed by atoms with Crippen LogP contribution in [0, 0.1) is 0 Å². The van der Waals surface area contributed by atoms with E-state index in [-0.39, 0.29) is 6.29 Å². The molecule has 4 heteroatoms. The first-order valence-corrected chi connectivity index (χ1v) is 7.30. The third kappa shape index (κ3) is 5.31. The van der Waals surface area contributed by atoms with Crippen molar-refractivity contribution in [2.24, 2.45) is 0 Å². The molecule has 1 fully saturated rings. The summed E-state index contributed by atoms with van der Waals surface area (Å²) in [6.07, 6.45) is 6.10. The molecule has 0 N–H and O–H groups in total. The van der Waals surface area contributed by atoms with E-state index >= 15 is 0 Å². The van der Waals surface area contributed by atoms with Crippen LogP contribution in [0.1, 0.15) is 42.5 Å². The highest BCUT2D eigenvalue weighted by Crippen LogP contribution is 2.14. The Hall–Kier alpha value is -1.39. The van der Waals surface area contributed by atoms with Gasteiger partial charge in [-0.1, -0.05) is 0 Å². The van der Waals surface area contributed by atoms with E-state index in [1.54, 1.807) is 12.1 Å². The maximum absolute atomic E-state index is 10.5. The van der Waals surface area contributed by atoms with Gasteiger partial charge in [0.25, 0.3) is 0 Å². The number of carbonyl (C=O) groups excluding carboxylic acids is 1. The van der Waals surface area contributed by atoms with E-state index in [0.717, 1.165) is 50.9 Å². The molecule has 110 valence electrons. The third-order valence-electron chi connectivity index (χ3n) is 3.27. The number of carbonyl (C=O) groups is 1. The first-order chi connectivity index (χ1) is 9.88. The fourth-order valence-electron chi connectivity index (χ4n) is 2.09. The van der Waals surface area contributed by atoms with Gasteiger partial charge in [-0.15, -0.1) is 0 Å². The van der Waals surface area contributed by atoms with Crippen LogP contribution in [-0.4, -0.2) is 32.4 Å². The Kier molecular flexibility index (Phi) is 6.54. The molecule has 0 aliphatic carbocycles. The summed E-state index contributed by atoms with van der Waals surface area (Å²) < 4.78 is 16.7. The van der Waals surface area contributed by atoms with E-state index in [1.165, 1.54) is 6.42 Å². The molecule has 1 heterocycles. The van der Waals surface area contributed by atoms with Gasteiger partial charge in [0.15, 0.2) is 6.29 Å². The minimum absolute atomic E-state index is 0.000513. The van der Waals surface area contributed by atoms with Crippen LogP contribution in [0.25, 0.3) is 0 Å². The van der Waals surface area contributed by atoms with Gasteiger partial charge >= 0.3 is 0 Å². The summed E-state index contributed by atoms with van der Waals surface area (Å²) in [6, 6.07) is 7.14. The SMILES string of the molecule is O=Cc1ccc(OCCCCOC2CCCCO2)cc1. The maximum atomic E-state index is 10.5. The zero-order valence-corrected chi connectivity index (χ0v) is 11.8. The second kappa shape index (κ2) is 8.72.